The Labute approximate surface area is 58.8 Å². The first-order valence-electron chi connectivity index (χ1n) is 1.97. The summed E-state index contributed by atoms with van der Waals surface area (Å²) in [5.41, 5.74) is 0.271. The van der Waals surface area contributed by atoms with Crippen molar-refractivity contribution in [3.05, 3.63) is 11.4 Å². The summed E-state index contributed by atoms with van der Waals surface area (Å²) in [6.45, 7) is 0. The van der Waals surface area contributed by atoms with Crippen molar-refractivity contribution in [3.8, 4) is 0 Å². The lowest BCUT2D eigenvalue weighted by Gasteiger charge is -2.01. The zero-order chi connectivity index (χ0) is 7.49. The van der Waals surface area contributed by atoms with E-state index in [1.54, 1.807) is 0 Å². The molecule has 0 fully saturated rings. The van der Waals surface area contributed by atoms with Gasteiger partial charge in [-0.2, -0.15) is 13.2 Å². The molecule has 0 aliphatic rings. The van der Waals surface area contributed by atoms with Gasteiger partial charge in [-0.25, -0.2) is 4.39 Å². The van der Waals surface area contributed by atoms with Gasteiger partial charge in [0.05, 0.1) is 6.42 Å². The fourth-order valence-electron chi connectivity index (χ4n) is 0.230. The molecule has 0 aliphatic heterocycles. The molecular formula is C4H4ClF5. The van der Waals surface area contributed by atoms with Gasteiger partial charge in [-0.3, -0.25) is 4.70 Å². The van der Waals surface area contributed by atoms with Crippen LogP contribution < -0.4 is 0 Å². The predicted octanol–water partition coefficient (Wildman–Crippen LogP) is 3.14. The second-order valence-corrected chi connectivity index (χ2v) is 1.57. The molecule has 0 unspecified atom stereocenters. The van der Waals surface area contributed by atoms with E-state index in [4.69, 9.17) is 0 Å². The molecule has 10 heavy (non-hydrogen) atoms. The van der Waals surface area contributed by atoms with Crippen LogP contribution >= 0.6 is 11.6 Å². The molecular weight excluding hydrogens is 178 g/mol. The van der Waals surface area contributed by atoms with E-state index in [-0.39, 0.29) is 10.2 Å². The van der Waals surface area contributed by atoms with Crippen LogP contribution in [0.2, 0.25) is 0 Å². The van der Waals surface area contributed by atoms with Crippen LogP contribution in [-0.4, -0.2) is 6.18 Å². The number of alkyl halides is 3. The second kappa shape index (κ2) is 4.49. The van der Waals surface area contributed by atoms with Gasteiger partial charge in [0, 0.05) is 5.54 Å². The summed E-state index contributed by atoms with van der Waals surface area (Å²) in [7, 11) is 0. The number of rotatable bonds is 1. The molecule has 62 valence electrons. The van der Waals surface area contributed by atoms with Crippen LogP contribution in [0.3, 0.4) is 0 Å². The third-order valence-corrected chi connectivity index (χ3v) is 0.724. The fourth-order valence-corrected chi connectivity index (χ4v) is 0.307. The monoisotopic (exact) mass is 182 g/mol. The smallest absolute Gasteiger partial charge is 0.269 e. The largest absolute Gasteiger partial charge is 0.395 e. The molecule has 6 heteroatoms. The maximum absolute atomic E-state index is 11.6. The highest BCUT2D eigenvalue weighted by atomic mass is 35.5. The minimum absolute atomic E-state index is 0. The van der Waals surface area contributed by atoms with Gasteiger partial charge in [0.1, 0.15) is 5.83 Å². The van der Waals surface area contributed by atoms with Crippen LogP contribution in [0, 0.1) is 0 Å². The Kier molecular flexibility index (Phi) is 5.55. The summed E-state index contributed by atoms with van der Waals surface area (Å²) in [6.07, 6.45) is -6.09. The molecule has 0 rings (SSSR count). The summed E-state index contributed by atoms with van der Waals surface area (Å²) in [5.74, 6) is -1.37. The SMILES string of the molecule is F.FC(=CCl)CC(F)(F)F. The van der Waals surface area contributed by atoms with Gasteiger partial charge in [0.15, 0.2) is 0 Å². The van der Waals surface area contributed by atoms with E-state index in [0.717, 1.165) is 0 Å². The molecule has 0 aliphatic carbocycles. The third kappa shape index (κ3) is 7.68. The highest BCUT2D eigenvalue weighted by molar-refractivity contribution is 6.25. The molecule has 0 aromatic rings. The molecule has 0 bridgehead atoms. The van der Waals surface area contributed by atoms with E-state index >= 15 is 0 Å². The first-order valence-corrected chi connectivity index (χ1v) is 2.41. The number of hydrogen-bond donors (Lipinski definition) is 0. The topological polar surface area (TPSA) is 0 Å². The highest BCUT2D eigenvalue weighted by Crippen LogP contribution is 2.24. The first kappa shape index (κ1) is 12.4. The molecule has 0 aromatic heterocycles. The molecule has 0 atom stereocenters. The van der Waals surface area contributed by atoms with Crippen LogP contribution in [0.25, 0.3) is 0 Å². The maximum atomic E-state index is 11.6. The molecule has 0 nitrogen and oxygen atoms in total. The summed E-state index contributed by atoms with van der Waals surface area (Å²) in [6, 6.07) is 0. The maximum Gasteiger partial charge on any atom is 0.395 e. The van der Waals surface area contributed by atoms with Crippen molar-refractivity contribution < 1.29 is 22.3 Å². The first-order chi connectivity index (χ1) is 3.95. The molecule has 0 N–H and O–H groups in total. The lowest BCUT2D eigenvalue weighted by molar-refractivity contribution is -0.129. The Bertz CT molecular complexity index is 115. The molecule has 0 spiro atoms. The number of hydrogen-bond acceptors (Lipinski definition) is 0. The average Bonchev–Trinajstić information content (AvgIpc) is 1.62. The second-order valence-electron chi connectivity index (χ2n) is 1.35. The van der Waals surface area contributed by atoms with E-state index in [9.17, 15) is 17.6 Å². The van der Waals surface area contributed by atoms with Crippen LogP contribution in [0.1, 0.15) is 6.42 Å². The van der Waals surface area contributed by atoms with Gasteiger partial charge < -0.3 is 0 Å². The van der Waals surface area contributed by atoms with Crippen LogP contribution in [0.15, 0.2) is 11.4 Å². The van der Waals surface area contributed by atoms with Crippen molar-refractivity contribution in [2.75, 3.05) is 0 Å². The summed E-state index contributed by atoms with van der Waals surface area (Å²) in [4.78, 5) is 0. The van der Waals surface area contributed by atoms with E-state index in [0.29, 0.717) is 0 Å². The highest BCUT2D eigenvalue weighted by Gasteiger charge is 2.28. The number of halogens is 6. The normalized spacial score (nSPS) is 12.7. The van der Waals surface area contributed by atoms with Crippen molar-refractivity contribution in [3.63, 3.8) is 0 Å². The Balaban J connectivity index is 0. The summed E-state index contributed by atoms with van der Waals surface area (Å²) >= 11 is 4.62. The van der Waals surface area contributed by atoms with Gasteiger partial charge in [0.2, 0.25) is 0 Å². The van der Waals surface area contributed by atoms with Gasteiger partial charge in [-0.1, -0.05) is 11.6 Å². The van der Waals surface area contributed by atoms with Gasteiger partial charge >= 0.3 is 6.18 Å². The Morgan fingerprint density at radius 2 is 1.80 bits per heavy atom. The summed E-state index contributed by atoms with van der Waals surface area (Å²) in [5, 5.41) is 0. The molecule has 0 saturated carbocycles. The molecule has 0 radical (unpaired) electrons. The Hall–Kier alpha value is -0.320. The van der Waals surface area contributed by atoms with Crippen LogP contribution in [0.4, 0.5) is 22.3 Å². The molecule has 0 aromatic carbocycles. The van der Waals surface area contributed by atoms with Gasteiger partial charge in [0.25, 0.3) is 0 Å². The fraction of sp³-hybridized carbons (Fsp3) is 0.500. The minimum atomic E-state index is -4.50. The average molecular weight is 183 g/mol. The zero-order valence-corrected chi connectivity index (χ0v) is 5.34. The minimum Gasteiger partial charge on any atom is -0.269 e. The molecule has 0 heterocycles. The van der Waals surface area contributed by atoms with Crippen molar-refractivity contribution >= 4 is 11.6 Å². The lowest BCUT2D eigenvalue weighted by Crippen LogP contribution is -2.06. The van der Waals surface area contributed by atoms with Crippen molar-refractivity contribution in [2.45, 2.75) is 12.6 Å². The van der Waals surface area contributed by atoms with E-state index in [1.165, 1.54) is 0 Å². The van der Waals surface area contributed by atoms with Gasteiger partial charge in [-0.15, -0.1) is 0 Å². The van der Waals surface area contributed by atoms with Crippen LogP contribution in [-0.2, 0) is 0 Å². The Morgan fingerprint density at radius 1 is 1.40 bits per heavy atom. The number of allylic oxidation sites excluding steroid dienone is 1. The standard InChI is InChI=1S/C4H3ClF4.FH/c5-2-3(6)1-4(7,8)9;/h2H,1H2;1H. The van der Waals surface area contributed by atoms with Gasteiger partial charge in [-0.05, 0) is 0 Å². The summed E-state index contributed by atoms with van der Waals surface area (Å²) < 4.78 is 45.1. The quantitative estimate of drug-likeness (QED) is 0.547. The van der Waals surface area contributed by atoms with E-state index in [2.05, 4.69) is 11.6 Å². The lowest BCUT2D eigenvalue weighted by atomic mass is 10.4. The third-order valence-electron chi connectivity index (χ3n) is 0.488. The zero-order valence-electron chi connectivity index (χ0n) is 4.58. The molecule has 0 saturated heterocycles. The van der Waals surface area contributed by atoms with Crippen molar-refractivity contribution in [1.82, 2.24) is 0 Å². The van der Waals surface area contributed by atoms with Crippen LogP contribution in [0.5, 0.6) is 0 Å². The predicted molar refractivity (Wildman–Crippen MR) is 28.2 cm³/mol. The molecule has 0 amide bonds. The van der Waals surface area contributed by atoms with E-state index < -0.39 is 18.4 Å². The van der Waals surface area contributed by atoms with Crippen molar-refractivity contribution in [2.24, 2.45) is 0 Å². The van der Waals surface area contributed by atoms with E-state index in [1.807, 2.05) is 0 Å². The van der Waals surface area contributed by atoms with Crippen molar-refractivity contribution in [1.29, 1.82) is 0 Å². The Morgan fingerprint density at radius 3 is 1.90 bits per heavy atom.